The summed E-state index contributed by atoms with van der Waals surface area (Å²) in [6.45, 7) is 4.07. The maximum Gasteiger partial charge on any atom is 0.375 e. The van der Waals surface area contributed by atoms with Gasteiger partial charge in [0.25, 0.3) is 5.91 Å². The number of para-hydroxylation sites is 2. The number of hydrogen-bond donors (Lipinski definition) is 1. The lowest BCUT2D eigenvalue weighted by molar-refractivity contribution is -0.125. The van der Waals surface area contributed by atoms with Crippen LogP contribution in [-0.4, -0.2) is 25.6 Å². The number of rotatable bonds is 8. The molecule has 34 heavy (non-hydrogen) atoms. The second-order valence-electron chi connectivity index (χ2n) is 7.53. The Morgan fingerprint density at radius 1 is 1.00 bits per heavy atom. The summed E-state index contributed by atoms with van der Waals surface area (Å²) in [4.78, 5) is 26.4. The number of furan rings is 1. The highest BCUT2D eigenvalue weighted by Crippen LogP contribution is 2.31. The van der Waals surface area contributed by atoms with Gasteiger partial charge in [-0.05, 0) is 44.2 Å². The number of benzene rings is 3. The van der Waals surface area contributed by atoms with Crippen molar-refractivity contribution in [3.05, 3.63) is 89.7 Å². The van der Waals surface area contributed by atoms with Crippen molar-refractivity contribution < 1.29 is 28.2 Å². The number of ether oxygens (including phenoxy) is 3. The van der Waals surface area contributed by atoms with Crippen molar-refractivity contribution >= 4 is 28.5 Å². The van der Waals surface area contributed by atoms with Gasteiger partial charge < -0.3 is 23.9 Å². The van der Waals surface area contributed by atoms with E-state index in [1.54, 1.807) is 74.7 Å². The number of methoxy groups -OCH3 is 1. The minimum Gasteiger partial charge on any atom is -0.497 e. The van der Waals surface area contributed by atoms with Crippen molar-refractivity contribution in [3.63, 3.8) is 0 Å². The molecule has 0 fully saturated rings. The van der Waals surface area contributed by atoms with Gasteiger partial charge in [0.15, 0.2) is 0 Å². The quantitative estimate of drug-likeness (QED) is 0.341. The number of amides is 1. The van der Waals surface area contributed by atoms with Crippen LogP contribution in [0.5, 0.6) is 11.5 Å². The Kier molecular flexibility index (Phi) is 6.82. The monoisotopic (exact) mass is 459 g/mol. The van der Waals surface area contributed by atoms with Crippen molar-refractivity contribution in [1.29, 1.82) is 0 Å². The van der Waals surface area contributed by atoms with E-state index < -0.39 is 18.0 Å². The molecule has 1 atom stereocenters. The summed E-state index contributed by atoms with van der Waals surface area (Å²) < 4.78 is 22.3. The van der Waals surface area contributed by atoms with Crippen LogP contribution >= 0.6 is 0 Å². The highest BCUT2D eigenvalue weighted by atomic mass is 16.6. The maximum absolute atomic E-state index is 13.3. The van der Waals surface area contributed by atoms with Crippen LogP contribution in [0.3, 0.4) is 0 Å². The fraction of sp³-hybridized carbons (Fsp3) is 0.185. The van der Waals surface area contributed by atoms with Gasteiger partial charge >= 0.3 is 5.97 Å². The molecule has 4 aromatic rings. The van der Waals surface area contributed by atoms with Crippen molar-refractivity contribution in [1.82, 2.24) is 0 Å². The minimum absolute atomic E-state index is 0.0340. The number of esters is 1. The van der Waals surface area contributed by atoms with Crippen LogP contribution in [0, 0.1) is 6.92 Å². The van der Waals surface area contributed by atoms with E-state index in [2.05, 4.69) is 5.32 Å². The van der Waals surface area contributed by atoms with Gasteiger partial charge in [0.1, 0.15) is 17.1 Å². The Morgan fingerprint density at radius 2 is 1.74 bits per heavy atom. The molecule has 0 spiro atoms. The fourth-order valence-corrected chi connectivity index (χ4v) is 3.63. The minimum atomic E-state index is -1.20. The highest BCUT2D eigenvalue weighted by Gasteiger charge is 2.29. The van der Waals surface area contributed by atoms with Gasteiger partial charge in [-0.25, -0.2) is 4.79 Å². The molecule has 7 nitrogen and oxygen atoms in total. The number of carbonyl (C=O) groups is 2. The van der Waals surface area contributed by atoms with Gasteiger partial charge in [-0.3, -0.25) is 4.79 Å². The summed E-state index contributed by atoms with van der Waals surface area (Å²) in [5.41, 5.74) is 2.14. The third-order valence-corrected chi connectivity index (χ3v) is 5.34. The van der Waals surface area contributed by atoms with Crippen LogP contribution in [-0.2, 0) is 9.53 Å². The van der Waals surface area contributed by atoms with Crippen LogP contribution in [0.1, 0.15) is 34.7 Å². The first-order valence-electron chi connectivity index (χ1n) is 10.9. The molecule has 7 heteroatoms. The summed E-state index contributed by atoms with van der Waals surface area (Å²) in [6.07, 6.45) is -1.20. The largest absolute Gasteiger partial charge is 0.497 e. The van der Waals surface area contributed by atoms with Crippen LogP contribution in [0.25, 0.3) is 11.0 Å². The van der Waals surface area contributed by atoms with Crippen LogP contribution in [0.15, 0.2) is 77.2 Å². The molecule has 0 aliphatic heterocycles. The molecule has 0 saturated carbocycles. The van der Waals surface area contributed by atoms with Gasteiger partial charge in [-0.2, -0.15) is 0 Å². The molecule has 1 N–H and O–H groups in total. The van der Waals surface area contributed by atoms with Gasteiger partial charge in [0, 0.05) is 16.5 Å². The molecule has 0 saturated heterocycles. The number of carbonyl (C=O) groups excluding carboxylic acids is 2. The van der Waals surface area contributed by atoms with Gasteiger partial charge in [0.2, 0.25) is 11.9 Å². The molecule has 1 aromatic heterocycles. The van der Waals surface area contributed by atoms with E-state index in [-0.39, 0.29) is 5.76 Å². The first-order valence-corrected chi connectivity index (χ1v) is 10.9. The van der Waals surface area contributed by atoms with Crippen molar-refractivity contribution in [2.45, 2.75) is 20.0 Å². The zero-order valence-corrected chi connectivity index (χ0v) is 19.2. The lowest BCUT2D eigenvalue weighted by Gasteiger charge is -2.19. The topological polar surface area (TPSA) is 87.0 Å². The molecule has 1 unspecified atom stereocenters. The molecule has 0 bridgehead atoms. The molecular weight excluding hydrogens is 434 g/mol. The lowest BCUT2D eigenvalue weighted by atomic mass is 10.1. The molecule has 1 amide bonds. The van der Waals surface area contributed by atoms with Gasteiger partial charge in [-0.15, -0.1) is 0 Å². The molecule has 174 valence electrons. The van der Waals surface area contributed by atoms with Gasteiger partial charge in [0.05, 0.1) is 19.4 Å². The average molecular weight is 459 g/mol. The van der Waals surface area contributed by atoms with Crippen molar-refractivity contribution in [2.24, 2.45) is 0 Å². The highest BCUT2D eigenvalue weighted by molar-refractivity contribution is 6.00. The molecule has 0 aliphatic rings. The predicted octanol–water partition coefficient (Wildman–Crippen LogP) is 5.69. The fourth-order valence-electron chi connectivity index (χ4n) is 3.63. The molecular formula is C27H25NO6. The van der Waals surface area contributed by atoms with E-state index in [1.807, 2.05) is 19.1 Å². The summed E-state index contributed by atoms with van der Waals surface area (Å²) in [5, 5.41) is 3.55. The number of nitrogens with one attached hydrogen (secondary N) is 1. The Balaban J connectivity index is 1.64. The Bertz CT molecular complexity index is 1310. The zero-order valence-electron chi connectivity index (χ0n) is 19.2. The van der Waals surface area contributed by atoms with Crippen molar-refractivity contribution in [3.8, 4) is 11.5 Å². The number of fused-ring (bicyclic) bond motifs is 1. The molecule has 1 heterocycles. The van der Waals surface area contributed by atoms with Gasteiger partial charge in [-0.1, -0.05) is 42.5 Å². The molecule has 3 aromatic carbocycles. The van der Waals surface area contributed by atoms with Crippen molar-refractivity contribution in [2.75, 3.05) is 19.0 Å². The normalized spacial score (nSPS) is 11.6. The predicted molar refractivity (Wildman–Crippen MR) is 128 cm³/mol. The standard InChI is InChI=1S/C27H25NO6/c1-4-32-23-13-9-8-12-21(23)28-26(29)25(18-10-6-5-7-11-18)34-27(30)24-17(2)20-16-19(31-3)14-15-22(20)33-24/h5-16,25H,4H2,1-3H3,(H,28,29). The zero-order chi connectivity index (χ0) is 24.1. The van der Waals surface area contributed by atoms with E-state index in [0.29, 0.717) is 40.5 Å². The second kappa shape index (κ2) is 10.1. The number of anilines is 1. The average Bonchev–Trinajstić information content (AvgIpc) is 3.20. The Labute approximate surface area is 197 Å². The SMILES string of the molecule is CCOc1ccccc1NC(=O)C(OC(=O)c1oc2ccc(OC)cc2c1C)c1ccccc1. The first-order chi connectivity index (χ1) is 16.5. The summed E-state index contributed by atoms with van der Waals surface area (Å²) in [5.74, 6) is -0.0482. The Morgan fingerprint density at radius 3 is 2.47 bits per heavy atom. The Hall–Kier alpha value is -4.26. The van der Waals surface area contributed by atoms with E-state index in [9.17, 15) is 9.59 Å². The van der Waals surface area contributed by atoms with E-state index in [4.69, 9.17) is 18.6 Å². The van der Waals surface area contributed by atoms with Crippen LogP contribution in [0.2, 0.25) is 0 Å². The summed E-state index contributed by atoms with van der Waals surface area (Å²) >= 11 is 0. The smallest absolute Gasteiger partial charge is 0.375 e. The third kappa shape index (κ3) is 4.73. The van der Waals surface area contributed by atoms with E-state index in [0.717, 1.165) is 5.39 Å². The van der Waals surface area contributed by atoms with E-state index in [1.165, 1.54) is 0 Å². The molecule has 0 radical (unpaired) electrons. The third-order valence-electron chi connectivity index (χ3n) is 5.34. The lowest BCUT2D eigenvalue weighted by Crippen LogP contribution is -2.26. The summed E-state index contributed by atoms with van der Waals surface area (Å²) in [6, 6.07) is 21.2. The number of hydrogen-bond acceptors (Lipinski definition) is 6. The van der Waals surface area contributed by atoms with Crippen LogP contribution in [0.4, 0.5) is 5.69 Å². The van der Waals surface area contributed by atoms with E-state index >= 15 is 0 Å². The maximum atomic E-state index is 13.3. The number of aryl methyl sites for hydroxylation is 1. The molecule has 0 aliphatic carbocycles. The second-order valence-corrected chi connectivity index (χ2v) is 7.53. The molecule has 4 rings (SSSR count). The van der Waals surface area contributed by atoms with Crippen LogP contribution < -0.4 is 14.8 Å². The first kappa shape index (κ1) is 22.9. The summed E-state index contributed by atoms with van der Waals surface area (Å²) in [7, 11) is 1.57.